The summed E-state index contributed by atoms with van der Waals surface area (Å²) in [6, 6.07) is 8.29. The van der Waals surface area contributed by atoms with Crippen LogP contribution in [0.5, 0.6) is 5.75 Å². The zero-order chi connectivity index (χ0) is 12.8. The highest BCUT2D eigenvalue weighted by atomic mass is 35.5. The van der Waals surface area contributed by atoms with E-state index >= 15 is 0 Å². The summed E-state index contributed by atoms with van der Waals surface area (Å²) >= 11 is 5.84. The lowest BCUT2D eigenvalue weighted by Gasteiger charge is -2.31. The maximum Gasteiger partial charge on any atom is 0.119 e. The molecule has 0 aliphatic carbocycles. The molecule has 18 heavy (non-hydrogen) atoms. The first kappa shape index (κ1) is 13.7. The Bertz CT molecular complexity index is 355. The van der Waals surface area contributed by atoms with E-state index in [9.17, 15) is 0 Å². The Morgan fingerprint density at radius 1 is 1.39 bits per heavy atom. The lowest BCUT2D eigenvalue weighted by atomic mass is 10.2. The molecule has 1 unspecified atom stereocenters. The van der Waals surface area contributed by atoms with E-state index in [0.29, 0.717) is 12.5 Å². The van der Waals surface area contributed by atoms with Crippen molar-refractivity contribution in [3.63, 3.8) is 0 Å². The Balaban J connectivity index is 1.88. The lowest BCUT2D eigenvalue weighted by Crippen LogP contribution is -2.42. The highest BCUT2D eigenvalue weighted by Gasteiger charge is 2.19. The Labute approximate surface area is 114 Å². The van der Waals surface area contributed by atoms with E-state index in [4.69, 9.17) is 21.1 Å². The number of morpholine rings is 1. The minimum absolute atomic E-state index is 0.170. The fourth-order valence-corrected chi connectivity index (χ4v) is 2.32. The van der Waals surface area contributed by atoms with Gasteiger partial charge >= 0.3 is 0 Å². The van der Waals surface area contributed by atoms with E-state index in [0.717, 1.165) is 32.0 Å². The molecule has 1 aromatic carbocycles. The summed E-state index contributed by atoms with van der Waals surface area (Å²) in [6.07, 6.45) is 0.170. The first-order valence-corrected chi connectivity index (χ1v) is 6.97. The molecule has 4 heteroatoms. The van der Waals surface area contributed by atoms with Gasteiger partial charge in [-0.15, -0.1) is 11.6 Å². The van der Waals surface area contributed by atoms with Gasteiger partial charge in [0.15, 0.2) is 0 Å². The summed E-state index contributed by atoms with van der Waals surface area (Å²) in [5, 5.41) is 0. The van der Waals surface area contributed by atoms with Gasteiger partial charge in [-0.3, -0.25) is 4.90 Å². The minimum Gasteiger partial charge on any atom is -0.494 e. The van der Waals surface area contributed by atoms with Crippen LogP contribution in [0.25, 0.3) is 0 Å². The van der Waals surface area contributed by atoms with Crippen LogP contribution in [0.4, 0.5) is 0 Å². The lowest BCUT2D eigenvalue weighted by molar-refractivity contribution is -0.0194. The van der Waals surface area contributed by atoms with Crippen molar-refractivity contribution in [3.05, 3.63) is 29.8 Å². The average Bonchev–Trinajstić information content (AvgIpc) is 2.42. The normalized spacial score (nSPS) is 20.9. The molecule has 3 nitrogen and oxygen atoms in total. The zero-order valence-electron chi connectivity index (χ0n) is 10.8. The van der Waals surface area contributed by atoms with E-state index in [-0.39, 0.29) is 6.10 Å². The van der Waals surface area contributed by atoms with Gasteiger partial charge in [0.1, 0.15) is 5.75 Å². The maximum atomic E-state index is 5.84. The smallest absolute Gasteiger partial charge is 0.119 e. The number of rotatable bonds is 5. The number of hydrogen-bond donors (Lipinski definition) is 0. The van der Waals surface area contributed by atoms with Gasteiger partial charge in [-0.05, 0) is 24.6 Å². The molecule has 1 atom stereocenters. The number of hydrogen-bond acceptors (Lipinski definition) is 3. The summed E-state index contributed by atoms with van der Waals surface area (Å²) < 4.78 is 11.0. The molecule has 2 rings (SSSR count). The van der Waals surface area contributed by atoms with Crippen molar-refractivity contribution in [2.45, 2.75) is 19.6 Å². The minimum atomic E-state index is 0.170. The Morgan fingerprint density at radius 2 is 2.17 bits per heavy atom. The maximum absolute atomic E-state index is 5.84. The van der Waals surface area contributed by atoms with Gasteiger partial charge in [0, 0.05) is 25.5 Å². The third kappa shape index (κ3) is 3.87. The molecule has 1 aromatic rings. The summed E-state index contributed by atoms with van der Waals surface area (Å²) in [5.74, 6) is 1.50. The molecule has 0 N–H and O–H groups in total. The molecule has 0 bridgehead atoms. The quantitative estimate of drug-likeness (QED) is 0.767. The van der Waals surface area contributed by atoms with Crippen molar-refractivity contribution < 1.29 is 9.47 Å². The van der Waals surface area contributed by atoms with Crippen LogP contribution in [0, 0.1) is 0 Å². The van der Waals surface area contributed by atoms with Crippen LogP contribution in [0.1, 0.15) is 12.5 Å². The Hall–Kier alpha value is -0.770. The van der Waals surface area contributed by atoms with Crippen LogP contribution in [-0.4, -0.2) is 43.2 Å². The van der Waals surface area contributed by atoms with Gasteiger partial charge in [-0.25, -0.2) is 0 Å². The number of ether oxygens (including phenoxy) is 2. The van der Waals surface area contributed by atoms with Crippen LogP contribution in [0.15, 0.2) is 24.3 Å². The van der Waals surface area contributed by atoms with Crippen molar-refractivity contribution in [1.29, 1.82) is 0 Å². The van der Waals surface area contributed by atoms with Crippen molar-refractivity contribution in [3.8, 4) is 5.75 Å². The summed E-state index contributed by atoms with van der Waals surface area (Å²) in [7, 11) is 0. The molecule has 1 heterocycles. The monoisotopic (exact) mass is 269 g/mol. The molecule has 0 radical (unpaired) electrons. The molecular weight excluding hydrogens is 250 g/mol. The molecule has 1 aliphatic rings. The zero-order valence-corrected chi connectivity index (χ0v) is 11.5. The number of alkyl halides is 1. The Morgan fingerprint density at radius 3 is 2.83 bits per heavy atom. The standard InChI is InChI=1S/C14H20ClNO2/c1-2-17-13-5-3-12(4-6-13)10-16-7-8-18-14(9-15)11-16/h3-6,14H,2,7-11H2,1H3. The molecule has 0 aromatic heterocycles. The van der Waals surface area contributed by atoms with E-state index in [1.165, 1.54) is 5.56 Å². The van der Waals surface area contributed by atoms with Crippen LogP contribution in [0.2, 0.25) is 0 Å². The SMILES string of the molecule is CCOc1ccc(CN2CCOC(CCl)C2)cc1. The molecule has 1 fully saturated rings. The van der Waals surface area contributed by atoms with Gasteiger partial charge in [0.25, 0.3) is 0 Å². The van der Waals surface area contributed by atoms with Crippen LogP contribution < -0.4 is 4.74 Å². The summed E-state index contributed by atoms with van der Waals surface area (Å²) in [5.41, 5.74) is 1.30. The van der Waals surface area contributed by atoms with Crippen molar-refractivity contribution in [2.75, 3.05) is 32.2 Å². The summed E-state index contributed by atoms with van der Waals surface area (Å²) in [6.45, 7) is 6.31. The van der Waals surface area contributed by atoms with Gasteiger partial charge in [-0.1, -0.05) is 12.1 Å². The molecule has 1 aliphatic heterocycles. The predicted molar refractivity (Wildman–Crippen MR) is 73.3 cm³/mol. The third-order valence-corrected chi connectivity index (χ3v) is 3.38. The predicted octanol–water partition coefficient (Wildman–Crippen LogP) is 2.52. The molecule has 0 saturated carbocycles. The molecule has 1 saturated heterocycles. The van der Waals surface area contributed by atoms with Gasteiger partial charge < -0.3 is 9.47 Å². The van der Waals surface area contributed by atoms with Crippen molar-refractivity contribution in [2.24, 2.45) is 0 Å². The van der Waals surface area contributed by atoms with Gasteiger partial charge in [-0.2, -0.15) is 0 Å². The van der Waals surface area contributed by atoms with E-state index < -0.39 is 0 Å². The topological polar surface area (TPSA) is 21.7 Å². The first-order valence-electron chi connectivity index (χ1n) is 6.43. The number of halogens is 1. The molecule has 0 amide bonds. The van der Waals surface area contributed by atoms with Crippen molar-refractivity contribution >= 4 is 11.6 Å². The second kappa shape index (κ2) is 6.98. The highest BCUT2D eigenvalue weighted by Crippen LogP contribution is 2.15. The van der Waals surface area contributed by atoms with E-state index in [2.05, 4.69) is 17.0 Å². The van der Waals surface area contributed by atoms with Gasteiger partial charge in [0.05, 0.1) is 19.3 Å². The van der Waals surface area contributed by atoms with Gasteiger partial charge in [0.2, 0.25) is 0 Å². The summed E-state index contributed by atoms with van der Waals surface area (Å²) in [4.78, 5) is 2.38. The third-order valence-electron chi connectivity index (χ3n) is 3.04. The second-order valence-corrected chi connectivity index (χ2v) is 4.77. The fourth-order valence-electron chi connectivity index (χ4n) is 2.13. The van der Waals surface area contributed by atoms with Crippen molar-refractivity contribution in [1.82, 2.24) is 4.90 Å². The van der Waals surface area contributed by atoms with Crippen LogP contribution in [-0.2, 0) is 11.3 Å². The molecular formula is C14H20ClNO2. The van der Waals surface area contributed by atoms with E-state index in [1.807, 2.05) is 19.1 Å². The average molecular weight is 270 g/mol. The number of nitrogens with zero attached hydrogens (tertiary/aromatic N) is 1. The Kier molecular flexibility index (Phi) is 5.29. The molecule has 0 spiro atoms. The highest BCUT2D eigenvalue weighted by molar-refractivity contribution is 6.18. The number of benzene rings is 1. The molecule has 100 valence electrons. The largest absolute Gasteiger partial charge is 0.494 e. The van der Waals surface area contributed by atoms with E-state index in [1.54, 1.807) is 0 Å². The van der Waals surface area contributed by atoms with Crippen LogP contribution in [0.3, 0.4) is 0 Å². The van der Waals surface area contributed by atoms with Crippen LogP contribution >= 0.6 is 11.6 Å². The second-order valence-electron chi connectivity index (χ2n) is 4.46. The first-order chi connectivity index (χ1) is 8.81. The fraction of sp³-hybridized carbons (Fsp3) is 0.571.